The van der Waals surface area contributed by atoms with Crippen LogP contribution in [0.15, 0.2) is 22.7 Å². The molecule has 18 heavy (non-hydrogen) atoms. The maximum Gasteiger partial charge on any atom is 0.133 e. The van der Waals surface area contributed by atoms with Crippen molar-refractivity contribution in [2.24, 2.45) is 5.41 Å². The lowest BCUT2D eigenvalue weighted by atomic mass is 9.83. The zero-order valence-corrected chi connectivity index (χ0v) is 13.6. The van der Waals surface area contributed by atoms with Gasteiger partial charge in [0.05, 0.1) is 11.6 Å². The standard InChI is InChI=1S/C15H24BrNO/c1-6-17-14(15(2,3)4)10-11-7-8-13(18-5)12(16)9-11/h7-9,14,17H,6,10H2,1-5H3. The number of benzene rings is 1. The lowest BCUT2D eigenvalue weighted by Gasteiger charge is -2.31. The molecule has 102 valence electrons. The van der Waals surface area contributed by atoms with Crippen LogP contribution in [0.25, 0.3) is 0 Å². The number of hydrogen-bond donors (Lipinski definition) is 1. The molecule has 1 rings (SSSR count). The number of halogens is 1. The van der Waals surface area contributed by atoms with Crippen LogP contribution in [0.5, 0.6) is 5.75 Å². The summed E-state index contributed by atoms with van der Waals surface area (Å²) < 4.78 is 6.28. The van der Waals surface area contributed by atoms with Crippen molar-refractivity contribution in [1.82, 2.24) is 5.32 Å². The Hall–Kier alpha value is -0.540. The maximum absolute atomic E-state index is 5.26. The van der Waals surface area contributed by atoms with Crippen molar-refractivity contribution in [3.05, 3.63) is 28.2 Å². The average molecular weight is 314 g/mol. The van der Waals surface area contributed by atoms with Crippen LogP contribution in [0.2, 0.25) is 0 Å². The Morgan fingerprint density at radius 2 is 2.00 bits per heavy atom. The molecule has 1 unspecified atom stereocenters. The molecule has 0 spiro atoms. The van der Waals surface area contributed by atoms with Crippen molar-refractivity contribution in [3.8, 4) is 5.75 Å². The second-order valence-corrected chi connectivity index (χ2v) is 6.50. The number of methoxy groups -OCH3 is 1. The fraction of sp³-hybridized carbons (Fsp3) is 0.600. The van der Waals surface area contributed by atoms with Crippen LogP contribution in [-0.2, 0) is 6.42 Å². The van der Waals surface area contributed by atoms with Gasteiger partial charge in [0.2, 0.25) is 0 Å². The molecule has 0 aliphatic carbocycles. The van der Waals surface area contributed by atoms with Gasteiger partial charge in [0.25, 0.3) is 0 Å². The van der Waals surface area contributed by atoms with E-state index in [0.29, 0.717) is 6.04 Å². The van der Waals surface area contributed by atoms with Crippen molar-refractivity contribution in [1.29, 1.82) is 0 Å². The van der Waals surface area contributed by atoms with Crippen molar-refractivity contribution in [3.63, 3.8) is 0 Å². The molecule has 1 aromatic carbocycles. The monoisotopic (exact) mass is 313 g/mol. The molecule has 0 amide bonds. The van der Waals surface area contributed by atoms with Crippen LogP contribution in [-0.4, -0.2) is 19.7 Å². The van der Waals surface area contributed by atoms with E-state index in [1.807, 2.05) is 6.07 Å². The van der Waals surface area contributed by atoms with Gasteiger partial charge in [0, 0.05) is 6.04 Å². The second kappa shape index (κ2) is 6.58. The second-order valence-electron chi connectivity index (χ2n) is 5.65. The summed E-state index contributed by atoms with van der Waals surface area (Å²) in [6.45, 7) is 9.98. The average Bonchev–Trinajstić information content (AvgIpc) is 2.27. The molecule has 0 aromatic heterocycles. The molecule has 0 aliphatic heterocycles. The molecule has 0 aliphatic rings. The topological polar surface area (TPSA) is 21.3 Å². The highest BCUT2D eigenvalue weighted by atomic mass is 79.9. The third-order valence-electron chi connectivity index (χ3n) is 3.15. The quantitative estimate of drug-likeness (QED) is 0.886. The summed E-state index contributed by atoms with van der Waals surface area (Å²) in [6.07, 6.45) is 1.03. The first-order valence-corrected chi connectivity index (χ1v) is 7.23. The summed E-state index contributed by atoms with van der Waals surface area (Å²) in [5.41, 5.74) is 1.58. The Bertz CT molecular complexity index is 385. The van der Waals surface area contributed by atoms with Crippen molar-refractivity contribution in [2.45, 2.75) is 40.2 Å². The zero-order valence-electron chi connectivity index (χ0n) is 12.0. The fourth-order valence-corrected chi connectivity index (χ4v) is 2.59. The van der Waals surface area contributed by atoms with E-state index in [0.717, 1.165) is 23.2 Å². The molecular formula is C15H24BrNO. The smallest absolute Gasteiger partial charge is 0.133 e. The van der Waals surface area contributed by atoms with Crippen molar-refractivity contribution >= 4 is 15.9 Å². The van der Waals surface area contributed by atoms with E-state index in [4.69, 9.17) is 4.74 Å². The SMILES string of the molecule is CCNC(Cc1ccc(OC)c(Br)c1)C(C)(C)C. The van der Waals surface area contributed by atoms with E-state index in [-0.39, 0.29) is 5.41 Å². The lowest BCUT2D eigenvalue weighted by Crippen LogP contribution is -2.41. The highest BCUT2D eigenvalue weighted by molar-refractivity contribution is 9.10. The Kier molecular flexibility index (Phi) is 5.67. The molecule has 0 saturated heterocycles. The third-order valence-corrected chi connectivity index (χ3v) is 3.77. The van der Waals surface area contributed by atoms with Gasteiger partial charge < -0.3 is 10.1 Å². The first kappa shape index (κ1) is 15.5. The summed E-state index contributed by atoms with van der Waals surface area (Å²) in [4.78, 5) is 0. The van der Waals surface area contributed by atoms with Gasteiger partial charge in [-0.15, -0.1) is 0 Å². The van der Waals surface area contributed by atoms with Gasteiger partial charge in [-0.05, 0) is 52.0 Å². The number of hydrogen-bond acceptors (Lipinski definition) is 2. The summed E-state index contributed by atoms with van der Waals surface area (Å²) in [5, 5.41) is 3.57. The summed E-state index contributed by atoms with van der Waals surface area (Å²) in [6, 6.07) is 6.78. The predicted octanol–water partition coefficient (Wildman–Crippen LogP) is 4.02. The van der Waals surface area contributed by atoms with Gasteiger partial charge in [0.1, 0.15) is 5.75 Å². The molecule has 1 atom stereocenters. The predicted molar refractivity (Wildman–Crippen MR) is 81.3 cm³/mol. The Morgan fingerprint density at radius 1 is 1.33 bits per heavy atom. The Labute approximate surface area is 119 Å². The molecule has 0 fully saturated rings. The minimum Gasteiger partial charge on any atom is -0.496 e. The van der Waals surface area contributed by atoms with E-state index < -0.39 is 0 Å². The molecule has 0 heterocycles. The van der Waals surface area contributed by atoms with E-state index in [1.54, 1.807) is 7.11 Å². The summed E-state index contributed by atoms with van der Waals surface area (Å²) >= 11 is 3.54. The largest absolute Gasteiger partial charge is 0.496 e. The number of likely N-dealkylation sites (N-methyl/N-ethyl adjacent to an activating group) is 1. The molecule has 1 N–H and O–H groups in total. The minimum atomic E-state index is 0.252. The summed E-state index contributed by atoms with van der Waals surface area (Å²) in [7, 11) is 1.69. The minimum absolute atomic E-state index is 0.252. The van der Waals surface area contributed by atoms with Gasteiger partial charge in [-0.2, -0.15) is 0 Å². The highest BCUT2D eigenvalue weighted by Gasteiger charge is 2.23. The van der Waals surface area contributed by atoms with Crippen molar-refractivity contribution < 1.29 is 4.74 Å². The fourth-order valence-electron chi connectivity index (χ4n) is 2.00. The normalized spacial score (nSPS) is 13.4. The van der Waals surface area contributed by atoms with Crippen LogP contribution in [0.4, 0.5) is 0 Å². The maximum atomic E-state index is 5.26. The zero-order chi connectivity index (χ0) is 13.8. The molecule has 1 aromatic rings. The van der Waals surface area contributed by atoms with E-state index in [9.17, 15) is 0 Å². The van der Waals surface area contributed by atoms with Gasteiger partial charge in [-0.3, -0.25) is 0 Å². The molecular weight excluding hydrogens is 290 g/mol. The van der Waals surface area contributed by atoms with E-state index in [1.165, 1.54) is 5.56 Å². The van der Waals surface area contributed by atoms with Crippen LogP contribution in [0.1, 0.15) is 33.3 Å². The van der Waals surface area contributed by atoms with Gasteiger partial charge in [0.15, 0.2) is 0 Å². The number of nitrogens with one attached hydrogen (secondary N) is 1. The first-order valence-electron chi connectivity index (χ1n) is 6.44. The number of rotatable bonds is 5. The van der Waals surface area contributed by atoms with Gasteiger partial charge in [-0.25, -0.2) is 0 Å². The van der Waals surface area contributed by atoms with Gasteiger partial charge >= 0.3 is 0 Å². The van der Waals surface area contributed by atoms with Crippen LogP contribution in [0, 0.1) is 5.41 Å². The van der Waals surface area contributed by atoms with Crippen LogP contribution >= 0.6 is 15.9 Å². The van der Waals surface area contributed by atoms with Crippen molar-refractivity contribution in [2.75, 3.05) is 13.7 Å². The van der Waals surface area contributed by atoms with Crippen LogP contribution in [0.3, 0.4) is 0 Å². The Morgan fingerprint density at radius 3 is 2.44 bits per heavy atom. The highest BCUT2D eigenvalue weighted by Crippen LogP contribution is 2.28. The van der Waals surface area contributed by atoms with Gasteiger partial charge in [-0.1, -0.05) is 33.8 Å². The van der Waals surface area contributed by atoms with E-state index >= 15 is 0 Å². The molecule has 0 radical (unpaired) electrons. The number of ether oxygens (including phenoxy) is 1. The summed E-state index contributed by atoms with van der Waals surface area (Å²) in [5.74, 6) is 0.884. The molecule has 0 bridgehead atoms. The molecule has 2 nitrogen and oxygen atoms in total. The molecule has 0 saturated carbocycles. The first-order chi connectivity index (χ1) is 8.38. The Balaban J connectivity index is 2.84. The molecule has 3 heteroatoms. The third kappa shape index (κ3) is 4.29. The van der Waals surface area contributed by atoms with Crippen LogP contribution < -0.4 is 10.1 Å². The van der Waals surface area contributed by atoms with E-state index in [2.05, 4.69) is 61.1 Å². The lowest BCUT2D eigenvalue weighted by molar-refractivity contribution is 0.270.